The highest BCUT2D eigenvalue weighted by Crippen LogP contribution is 2.42. The Morgan fingerprint density at radius 2 is 1.84 bits per heavy atom. The largest absolute Gasteiger partial charge is 0.481 e. The molecule has 1 aliphatic heterocycles. The van der Waals surface area contributed by atoms with Crippen LogP contribution in [0.2, 0.25) is 0 Å². The summed E-state index contributed by atoms with van der Waals surface area (Å²) >= 11 is 0. The maximum Gasteiger partial charge on any atom is 0.305 e. The minimum absolute atomic E-state index is 0.0843. The molecule has 1 N–H and O–H groups in total. The van der Waals surface area contributed by atoms with Crippen LogP contribution in [0.15, 0.2) is 0 Å². The molecule has 1 aliphatic carbocycles. The molecule has 4 heteroatoms. The van der Waals surface area contributed by atoms with Crippen molar-refractivity contribution in [2.45, 2.75) is 45.1 Å². The second-order valence-electron chi connectivity index (χ2n) is 6.78. The van der Waals surface area contributed by atoms with E-state index in [1.165, 1.54) is 6.42 Å². The first-order valence-electron chi connectivity index (χ1n) is 7.58. The van der Waals surface area contributed by atoms with E-state index >= 15 is 0 Å². The van der Waals surface area contributed by atoms with Gasteiger partial charge in [-0.1, -0.05) is 13.8 Å². The number of rotatable bonds is 3. The second-order valence-corrected chi connectivity index (χ2v) is 6.78. The Hall–Kier alpha value is -0.610. The molecule has 1 saturated carbocycles. The monoisotopic (exact) mass is 268 g/mol. The van der Waals surface area contributed by atoms with Crippen LogP contribution in [0.1, 0.15) is 39.5 Å². The van der Waals surface area contributed by atoms with Crippen molar-refractivity contribution < 1.29 is 9.90 Å². The second kappa shape index (κ2) is 5.80. The Balaban J connectivity index is 2.13. The highest BCUT2D eigenvalue weighted by Gasteiger charge is 2.44. The van der Waals surface area contributed by atoms with Gasteiger partial charge in [-0.25, -0.2) is 0 Å². The first-order valence-corrected chi connectivity index (χ1v) is 7.58. The molecular weight excluding hydrogens is 240 g/mol. The number of hydrogen-bond acceptors (Lipinski definition) is 3. The summed E-state index contributed by atoms with van der Waals surface area (Å²) in [6.45, 7) is 8.75. The van der Waals surface area contributed by atoms with E-state index in [4.69, 9.17) is 0 Å². The predicted molar refractivity (Wildman–Crippen MR) is 76.2 cm³/mol. The number of piperazine rings is 1. The molecule has 2 aliphatic rings. The zero-order valence-electron chi connectivity index (χ0n) is 12.6. The SMILES string of the molecule is CC1CCC(CC(=O)O)(N2CCN(C)CC2)CC1C. The average Bonchev–Trinajstić information content (AvgIpc) is 2.34. The van der Waals surface area contributed by atoms with Crippen LogP contribution in [0.3, 0.4) is 0 Å². The minimum Gasteiger partial charge on any atom is -0.481 e. The summed E-state index contributed by atoms with van der Waals surface area (Å²) in [4.78, 5) is 16.1. The molecule has 1 saturated heterocycles. The maximum absolute atomic E-state index is 11.3. The zero-order chi connectivity index (χ0) is 14.0. The van der Waals surface area contributed by atoms with Gasteiger partial charge in [0, 0.05) is 31.7 Å². The van der Waals surface area contributed by atoms with E-state index in [1.54, 1.807) is 0 Å². The lowest BCUT2D eigenvalue weighted by molar-refractivity contribution is -0.142. The van der Waals surface area contributed by atoms with Crippen LogP contribution < -0.4 is 0 Å². The van der Waals surface area contributed by atoms with E-state index in [9.17, 15) is 9.90 Å². The number of carbonyl (C=O) groups is 1. The molecule has 2 fully saturated rings. The van der Waals surface area contributed by atoms with E-state index in [-0.39, 0.29) is 5.54 Å². The van der Waals surface area contributed by atoms with Gasteiger partial charge in [0.1, 0.15) is 0 Å². The summed E-state index contributed by atoms with van der Waals surface area (Å²) in [6.07, 6.45) is 3.58. The summed E-state index contributed by atoms with van der Waals surface area (Å²) in [5.74, 6) is 0.725. The van der Waals surface area contributed by atoms with Gasteiger partial charge in [-0.2, -0.15) is 0 Å². The standard InChI is InChI=1S/C15H28N2O2/c1-12-4-5-15(10-13(12)2,11-14(18)19)17-8-6-16(3)7-9-17/h12-13H,4-11H2,1-3H3,(H,18,19). The fourth-order valence-electron chi connectivity index (χ4n) is 3.81. The highest BCUT2D eigenvalue weighted by molar-refractivity contribution is 5.68. The molecule has 4 nitrogen and oxygen atoms in total. The quantitative estimate of drug-likeness (QED) is 0.849. The van der Waals surface area contributed by atoms with Crippen molar-refractivity contribution in [2.75, 3.05) is 33.2 Å². The summed E-state index contributed by atoms with van der Waals surface area (Å²) in [6, 6.07) is 0. The van der Waals surface area contributed by atoms with Crippen molar-refractivity contribution >= 4 is 5.97 Å². The van der Waals surface area contributed by atoms with Crippen LogP contribution >= 0.6 is 0 Å². The van der Waals surface area contributed by atoms with Gasteiger partial charge in [0.25, 0.3) is 0 Å². The van der Waals surface area contributed by atoms with Crippen molar-refractivity contribution in [3.8, 4) is 0 Å². The van der Waals surface area contributed by atoms with E-state index in [0.717, 1.165) is 44.9 Å². The van der Waals surface area contributed by atoms with Gasteiger partial charge in [0.15, 0.2) is 0 Å². The van der Waals surface area contributed by atoms with Crippen molar-refractivity contribution in [3.63, 3.8) is 0 Å². The Morgan fingerprint density at radius 3 is 2.37 bits per heavy atom. The Kier molecular flexibility index (Phi) is 4.51. The van der Waals surface area contributed by atoms with Gasteiger partial charge in [-0.15, -0.1) is 0 Å². The van der Waals surface area contributed by atoms with Crippen LogP contribution in [0.4, 0.5) is 0 Å². The van der Waals surface area contributed by atoms with Crippen LogP contribution in [0, 0.1) is 11.8 Å². The van der Waals surface area contributed by atoms with Gasteiger partial charge in [0.05, 0.1) is 6.42 Å². The van der Waals surface area contributed by atoms with E-state index in [2.05, 4.69) is 30.7 Å². The molecule has 2 rings (SSSR count). The molecule has 0 radical (unpaired) electrons. The first-order chi connectivity index (χ1) is 8.93. The lowest BCUT2D eigenvalue weighted by Crippen LogP contribution is -2.59. The molecule has 1 heterocycles. The summed E-state index contributed by atoms with van der Waals surface area (Å²) in [5, 5.41) is 9.33. The highest BCUT2D eigenvalue weighted by atomic mass is 16.4. The van der Waals surface area contributed by atoms with Crippen LogP contribution in [-0.4, -0.2) is 59.6 Å². The number of carboxylic acid groups (broad SMARTS) is 1. The number of likely N-dealkylation sites (N-methyl/N-ethyl adjacent to an activating group) is 1. The Labute approximate surface area is 116 Å². The van der Waals surface area contributed by atoms with E-state index in [1.807, 2.05) is 0 Å². The number of hydrogen-bond donors (Lipinski definition) is 1. The maximum atomic E-state index is 11.3. The van der Waals surface area contributed by atoms with E-state index in [0.29, 0.717) is 12.3 Å². The van der Waals surface area contributed by atoms with Gasteiger partial charge in [-0.05, 0) is 38.1 Å². The lowest BCUT2D eigenvalue weighted by atomic mass is 9.69. The average molecular weight is 268 g/mol. The van der Waals surface area contributed by atoms with Crippen LogP contribution in [-0.2, 0) is 4.79 Å². The lowest BCUT2D eigenvalue weighted by Gasteiger charge is -2.51. The minimum atomic E-state index is -0.638. The van der Waals surface area contributed by atoms with Crippen LogP contribution in [0.5, 0.6) is 0 Å². The first kappa shape index (κ1) is 14.8. The Bertz CT molecular complexity index is 326. The van der Waals surface area contributed by atoms with Gasteiger partial charge in [0.2, 0.25) is 0 Å². The molecule has 3 unspecified atom stereocenters. The third-order valence-electron chi connectivity index (χ3n) is 5.39. The molecule has 0 aromatic rings. The topological polar surface area (TPSA) is 43.8 Å². The van der Waals surface area contributed by atoms with Gasteiger partial charge >= 0.3 is 5.97 Å². The van der Waals surface area contributed by atoms with Crippen molar-refractivity contribution in [2.24, 2.45) is 11.8 Å². The predicted octanol–water partition coefficient (Wildman–Crippen LogP) is 1.90. The number of aliphatic carboxylic acids is 1. The van der Waals surface area contributed by atoms with Gasteiger partial charge in [-0.3, -0.25) is 9.69 Å². The molecule has 0 aromatic carbocycles. The van der Waals surface area contributed by atoms with Crippen molar-refractivity contribution in [1.29, 1.82) is 0 Å². The van der Waals surface area contributed by atoms with Crippen LogP contribution in [0.25, 0.3) is 0 Å². The third kappa shape index (κ3) is 3.29. The molecule has 3 atom stereocenters. The molecule has 0 bridgehead atoms. The van der Waals surface area contributed by atoms with Gasteiger partial charge < -0.3 is 10.0 Å². The molecule has 0 amide bonds. The smallest absolute Gasteiger partial charge is 0.305 e. The zero-order valence-corrected chi connectivity index (χ0v) is 12.6. The molecule has 19 heavy (non-hydrogen) atoms. The summed E-state index contributed by atoms with van der Waals surface area (Å²) in [7, 11) is 2.15. The normalized spacial score (nSPS) is 38.3. The molecule has 110 valence electrons. The molecule has 0 aromatic heterocycles. The molecule has 0 spiro atoms. The Morgan fingerprint density at radius 1 is 1.21 bits per heavy atom. The third-order valence-corrected chi connectivity index (χ3v) is 5.39. The fraction of sp³-hybridized carbons (Fsp3) is 0.933. The molecular formula is C15H28N2O2. The van der Waals surface area contributed by atoms with E-state index < -0.39 is 5.97 Å². The summed E-state index contributed by atoms with van der Waals surface area (Å²) in [5.41, 5.74) is -0.0843. The van der Waals surface area contributed by atoms with Crippen molar-refractivity contribution in [3.05, 3.63) is 0 Å². The number of carboxylic acids is 1. The van der Waals surface area contributed by atoms with Crippen molar-refractivity contribution in [1.82, 2.24) is 9.80 Å². The fourth-order valence-corrected chi connectivity index (χ4v) is 3.81. The summed E-state index contributed by atoms with van der Waals surface area (Å²) < 4.78 is 0. The number of nitrogens with zero attached hydrogens (tertiary/aromatic N) is 2.